The van der Waals surface area contributed by atoms with Crippen LogP contribution in [-0.4, -0.2) is 0 Å². The molecule has 54 valence electrons. The second kappa shape index (κ2) is 1.75. The number of hydrogen-bond donors (Lipinski definition) is 0. The Kier molecular flexibility index (Phi) is 1.08. The fraction of sp³-hybridized carbons (Fsp3) is 0.600. The molecule has 0 aromatic heterocycles. The van der Waals surface area contributed by atoms with E-state index in [-0.39, 0.29) is 0 Å². The third-order valence-corrected chi connectivity index (χ3v) is 2.97. The van der Waals surface area contributed by atoms with Crippen molar-refractivity contribution in [1.29, 1.82) is 0 Å². The Morgan fingerprint density at radius 1 is 1.10 bits per heavy atom. The smallest absolute Gasteiger partial charge is 0.00530 e. The van der Waals surface area contributed by atoms with Crippen LogP contribution in [0.15, 0.2) is 24.3 Å². The molecule has 0 heterocycles. The molecular weight excluding hydrogens is 120 g/mol. The molecule has 2 fully saturated rings. The van der Waals surface area contributed by atoms with Crippen LogP contribution in [-0.2, 0) is 0 Å². The van der Waals surface area contributed by atoms with E-state index in [1.165, 1.54) is 43.3 Å². The van der Waals surface area contributed by atoms with Gasteiger partial charge < -0.3 is 0 Å². The van der Waals surface area contributed by atoms with Crippen molar-refractivity contribution < 1.29 is 0 Å². The summed E-state index contributed by atoms with van der Waals surface area (Å²) in [4.78, 5) is 0. The highest BCUT2D eigenvalue weighted by Crippen LogP contribution is 2.59. The van der Waals surface area contributed by atoms with Crippen molar-refractivity contribution in [3.8, 4) is 0 Å². The van der Waals surface area contributed by atoms with E-state index in [4.69, 9.17) is 0 Å². The van der Waals surface area contributed by atoms with Gasteiger partial charge >= 0.3 is 0 Å². The van der Waals surface area contributed by atoms with E-state index in [1.54, 1.807) is 0 Å². The van der Waals surface area contributed by atoms with Crippen molar-refractivity contribution in [2.24, 2.45) is 5.41 Å². The minimum Gasteiger partial charge on any atom is -0.0998 e. The molecule has 10 heavy (non-hydrogen) atoms. The fourth-order valence-corrected chi connectivity index (χ4v) is 1.97. The molecule has 1 spiro atoms. The summed E-state index contributed by atoms with van der Waals surface area (Å²) in [6.45, 7) is 8.17. The van der Waals surface area contributed by atoms with Crippen molar-refractivity contribution >= 4 is 0 Å². The van der Waals surface area contributed by atoms with Gasteiger partial charge in [0, 0.05) is 0 Å². The van der Waals surface area contributed by atoms with Gasteiger partial charge in [-0.2, -0.15) is 0 Å². The first kappa shape index (κ1) is 6.21. The Bertz CT molecular complexity index is 194. The van der Waals surface area contributed by atoms with Crippen molar-refractivity contribution in [3.63, 3.8) is 0 Å². The molecule has 0 radical (unpaired) electrons. The maximum atomic E-state index is 4.12. The number of hydrogen-bond acceptors (Lipinski definition) is 0. The fourth-order valence-electron chi connectivity index (χ4n) is 1.97. The van der Waals surface area contributed by atoms with E-state index < -0.39 is 0 Å². The molecule has 2 saturated carbocycles. The summed E-state index contributed by atoms with van der Waals surface area (Å²) in [5.41, 5.74) is 3.51. The highest BCUT2D eigenvalue weighted by atomic mass is 14.5. The normalized spacial score (nSPS) is 29.2. The summed E-state index contributed by atoms with van der Waals surface area (Å²) in [7, 11) is 0. The van der Waals surface area contributed by atoms with Crippen molar-refractivity contribution in [2.45, 2.75) is 32.1 Å². The molecule has 0 amide bonds. The van der Waals surface area contributed by atoms with Gasteiger partial charge in [-0.3, -0.25) is 0 Å². The summed E-state index contributed by atoms with van der Waals surface area (Å²) < 4.78 is 0. The molecule has 2 aliphatic rings. The largest absolute Gasteiger partial charge is 0.0998 e. The third kappa shape index (κ3) is 0.749. The van der Waals surface area contributed by atoms with Crippen molar-refractivity contribution in [3.05, 3.63) is 24.3 Å². The molecule has 0 atom stereocenters. The van der Waals surface area contributed by atoms with Gasteiger partial charge in [-0.25, -0.2) is 0 Å². The zero-order valence-corrected chi connectivity index (χ0v) is 6.45. The zero-order valence-electron chi connectivity index (χ0n) is 6.45. The first-order valence-corrected chi connectivity index (χ1v) is 4.08. The Morgan fingerprint density at radius 2 is 1.80 bits per heavy atom. The number of allylic oxidation sites excluding steroid dienone is 2. The maximum Gasteiger partial charge on any atom is -0.00530 e. The monoisotopic (exact) mass is 134 g/mol. The van der Waals surface area contributed by atoms with Gasteiger partial charge in [0.2, 0.25) is 0 Å². The van der Waals surface area contributed by atoms with E-state index in [2.05, 4.69) is 13.2 Å². The standard InChI is InChI=1S/C10H14/c1-8-3-4-9(2)10(7-8)5-6-10/h1-7H2. The van der Waals surface area contributed by atoms with Crippen molar-refractivity contribution in [2.75, 3.05) is 0 Å². The summed E-state index contributed by atoms with van der Waals surface area (Å²) in [6.07, 6.45) is 6.40. The average molecular weight is 134 g/mol. The molecule has 0 saturated heterocycles. The molecule has 2 aliphatic carbocycles. The van der Waals surface area contributed by atoms with Gasteiger partial charge in [0.15, 0.2) is 0 Å². The lowest BCUT2D eigenvalue weighted by Crippen LogP contribution is -2.10. The van der Waals surface area contributed by atoms with E-state index in [1.807, 2.05) is 0 Å². The molecule has 0 nitrogen and oxygen atoms in total. The summed E-state index contributed by atoms with van der Waals surface area (Å²) in [5, 5.41) is 0. The van der Waals surface area contributed by atoms with E-state index in [9.17, 15) is 0 Å². The topological polar surface area (TPSA) is 0 Å². The van der Waals surface area contributed by atoms with E-state index >= 15 is 0 Å². The molecule has 0 aromatic carbocycles. The average Bonchev–Trinajstić information content (AvgIpc) is 2.62. The van der Waals surface area contributed by atoms with E-state index in [0.717, 1.165) is 0 Å². The molecule has 0 unspecified atom stereocenters. The lowest BCUT2D eigenvalue weighted by Gasteiger charge is -2.25. The van der Waals surface area contributed by atoms with Crippen LogP contribution in [0, 0.1) is 5.41 Å². The van der Waals surface area contributed by atoms with Gasteiger partial charge in [-0.1, -0.05) is 24.3 Å². The van der Waals surface area contributed by atoms with Gasteiger partial charge in [0.25, 0.3) is 0 Å². The van der Waals surface area contributed by atoms with Gasteiger partial charge in [-0.15, -0.1) is 0 Å². The van der Waals surface area contributed by atoms with Gasteiger partial charge in [0.1, 0.15) is 0 Å². The Labute approximate surface area is 62.6 Å². The SMILES string of the molecule is C=C1CCC(=C)C2(CC2)C1. The minimum atomic E-state index is 0.565. The molecule has 0 bridgehead atoms. The predicted molar refractivity (Wildman–Crippen MR) is 43.8 cm³/mol. The van der Waals surface area contributed by atoms with Crippen LogP contribution in [0.3, 0.4) is 0 Å². The first-order valence-electron chi connectivity index (χ1n) is 4.08. The third-order valence-electron chi connectivity index (χ3n) is 2.97. The Hall–Kier alpha value is -0.520. The zero-order chi connectivity index (χ0) is 7.19. The lowest BCUT2D eigenvalue weighted by molar-refractivity contribution is 0.520. The van der Waals surface area contributed by atoms with E-state index in [0.29, 0.717) is 5.41 Å². The minimum absolute atomic E-state index is 0.565. The Balaban J connectivity index is 2.17. The van der Waals surface area contributed by atoms with Crippen LogP contribution < -0.4 is 0 Å². The second-order valence-electron chi connectivity index (χ2n) is 3.81. The maximum absolute atomic E-state index is 4.12. The molecular formula is C10H14. The van der Waals surface area contributed by atoms with Gasteiger partial charge in [0.05, 0.1) is 0 Å². The quantitative estimate of drug-likeness (QED) is 0.447. The lowest BCUT2D eigenvalue weighted by atomic mass is 9.80. The number of rotatable bonds is 0. The van der Waals surface area contributed by atoms with Crippen LogP contribution in [0.1, 0.15) is 32.1 Å². The first-order chi connectivity index (χ1) is 4.73. The van der Waals surface area contributed by atoms with Crippen LogP contribution in [0.4, 0.5) is 0 Å². The molecule has 0 heteroatoms. The van der Waals surface area contributed by atoms with Crippen LogP contribution in [0.5, 0.6) is 0 Å². The highest BCUT2D eigenvalue weighted by molar-refractivity contribution is 5.27. The van der Waals surface area contributed by atoms with Crippen LogP contribution in [0.25, 0.3) is 0 Å². The molecule has 0 N–H and O–H groups in total. The molecule has 0 aliphatic heterocycles. The van der Waals surface area contributed by atoms with Crippen LogP contribution >= 0.6 is 0 Å². The summed E-state index contributed by atoms with van der Waals surface area (Å²) >= 11 is 0. The van der Waals surface area contributed by atoms with Crippen LogP contribution in [0.2, 0.25) is 0 Å². The second-order valence-corrected chi connectivity index (χ2v) is 3.81. The predicted octanol–water partition coefficient (Wildman–Crippen LogP) is 3.06. The summed E-state index contributed by atoms with van der Waals surface area (Å²) in [5.74, 6) is 0. The van der Waals surface area contributed by atoms with Gasteiger partial charge in [-0.05, 0) is 37.5 Å². The highest BCUT2D eigenvalue weighted by Gasteiger charge is 2.46. The molecule has 2 rings (SSSR count). The Morgan fingerprint density at radius 3 is 2.30 bits per heavy atom. The van der Waals surface area contributed by atoms with Crippen molar-refractivity contribution in [1.82, 2.24) is 0 Å². The summed E-state index contributed by atoms with van der Waals surface area (Å²) in [6, 6.07) is 0. The molecule has 0 aromatic rings.